The van der Waals surface area contributed by atoms with Crippen LogP contribution in [0.2, 0.25) is 0 Å². The SMILES string of the molecule is C=C/C=C\C[C@]1(O)CCCc2ccccc21. The Morgan fingerprint density at radius 2 is 2.19 bits per heavy atom. The van der Waals surface area contributed by atoms with Gasteiger partial charge >= 0.3 is 0 Å². The van der Waals surface area contributed by atoms with Crippen molar-refractivity contribution in [3.05, 3.63) is 60.2 Å². The molecule has 0 bridgehead atoms. The minimum atomic E-state index is -0.672. The van der Waals surface area contributed by atoms with E-state index in [1.807, 2.05) is 24.3 Å². The van der Waals surface area contributed by atoms with E-state index in [0.717, 1.165) is 24.8 Å². The van der Waals surface area contributed by atoms with Crippen molar-refractivity contribution >= 4 is 0 Å². The molecule has 1 aliphatic rings. The molecule has 0 heterocycles. The molecule has 2 rings (SSSR count). The fourth-order valence-electron chi connectivity index (χ4n) is 2.47. The molecule has 0 unspecified atom stereocenters. The number of aliphatic hydroxyl groups is 1. The van der Waals surface area contributed by atoms with Gasteiger partial charge in [-0.2, -0.15) is 0 Å². The van der Waals surface area contributed by atoms with Crippen LogP contribution in [0.15, 0.2) is 49.1 Å². The third-order valence-corrected chi connectivity index (χ3v) is 3.28. The molecular weight excluding hydrogens is 196 g/mol. The van der Waals surface area contributed by atoms with Gasteiger partial charge < -0.3 is 5.11 Å². The molecule has 1 aromatic carbocycles. The van der Waals surface area contributed by atoms with Crippen molar-refractivity contribution in [2.24, 2.45) is 0 Å². The summed E-state index contributed by atoms with van der Waals surface area (Å²) in [6, 6.07) is 8.23. The average Bonchev–Trinajstić information content (AvgIpc) is 2.30. The van der Waals surface area contributed by atoms with Crippen LogP contribution < -0.4 is 0 Å². The van der Waals surface area contributed by atoms with Crippen LogP contribution in [0.1, 0.15) is 30.4 Å². The van der Waals surface area contributed by atoms with Crippen LogP contribution in [0.5, 0.6) is 0 Å². The van der Waals surface area contributed by atoms with Crippen molar-refractivity contribution in [3.63, 3.8) is 0 Å². The van der Waals surface area contributed by atoms with Crippen LogP contribution in [0.4, 0.5) is 0 Å². The first kappa shape index (κ1) is 11.2. The van der Waals surface area contributed by atoms with Gasteiger partial charge in [-0.25, -0.2) is 0 Å². The molecule has 1 aromatic rings. The average molecular weight is 214 g/mol. The lowest BCUT2D eigenvalue weighted by Gasteiger charge is -2.33. The van der Waals surface area contributed by atoms with Crippen molar-refractivity contribution in [1.29, 1.82) is 0 Å². The van der Waals surface area contributed by atoms with E-state index in [-0.39, 0.29) is 0 Å². The number of fused-ring (bicyclic) bond motifs is 1. The highest BCUT2D eigenvalue weighted by Gasteiger charge is 2.32. The van der Waals surface area contributed by atoms with Crippen molar-refractivity contribution in [1.82, 2.24) is 0 Å². The lowest BCUT2D eigenvalue weighted by Crippen LogP contribution is -2.29. The lowest BCUT2D eigenvalue weighted by atomic mass is 9.77. The fraction of sp³-hybridized carbons (Fsp3) is 0.333. The standard InChI is InChI=1S/C15H18O/c1-2-3-6-11-15(16)12-7-9-13-8-4-5-10-14(13)15/h2-6,8,10,16H,1,7,9,11-12H2/b6-3-/t15-/m0/s1. The molecule has 0 saturated heterocycles. The third kappa shape index (κ3) is 2.10. The summed E-state index contributed by atoms with van der Waals surface area (Å²) in [5, 5.41) is 10.7. The first-order chi connectivity index (χ1) is 7.76. The summed E-state index contributed by atoms with van der Waals surface area (Å²) in [7, 11) is 0. The van der Waals surface area contributed by atoms with E-state index in [1.54, 1.807) is 6.08 Å². The van der Waals surface area contributed by atoms with Crippen LogP contribution >= 0.6 is 0 Å². The highest BCUT2D eigenvalue weighted by molar-refractivity contribution is 5.35. The minimum Gasteiger partial charge on any atom is -0.385 e. The van der Waals surface area contributed by atoms with Gasteiger partial charge in [0, 0.05) is 0 Å². The Morgan fingerprint density at radius 3 is 3.00 bits per heavy atom. The highest BCUT2D eigenvalue weighted by atomic mass is 16.3. The van der Waals surface area contributed by atoms with Crippen LogP contribution in [0, 0.1) is 0 Å². The number of hydrogen-bond acceptors (Lipinski definition) is 1. The van der Waals surface area contributed by atoms with Crippen molar-refractivity contribution in [3.8, 4) is 0 Å². The second kappa shape index (κ2) is 4.67. The summed E-state index contributed by atoms with van der Waals surface area (Å²) in [5.41, 5.74) is 1.73. The van der Waals surface area contributed by atoms with Gasteiger partial charge in [-0.1, -0.05) is 49.1 Å². The first-order valence-electron chi connectivity index (χ1n) is 5.84. The molecule has 1 heteroatoms. The number of aryl methyl sites for hydroxylation is 1. The Balaban J connectivity index is 2.29. The molecule has 84 valence electrons. The first-order valence-corrected chi connectivity index (χ1v) is 5.84. The molecule has 0 spiro atoms. The molecule has 0 saturated carbocycles. The molecule has 16 heavy (non-hydrogen) atoms. The fourth-order valence-corrected chi connectivity index (χ4v) is 2.47. The van der Waals surface area contributed by atoms with Gasteiger partial charge in [0.2, 0.25) is 0 Å². The van der Waals surface area contributed by atoms with Gasteiger partial charge in [0.05, 0.1) is 5.60 Å². The molecule has 0 aromatic heterocycles. The second-order valence-electron chi connectivity index (χ2n) is 4.41. The maximum absolute atomic E-state index is 10.7. The van der Waals surface area contributed by atoms with Gasteiger partial charge in [-0.3, -0.25) is 0 Å². The smallest absolute Gasteiger partial charge is 0.0933 e. The van der Waals surface area contributed by atoms with E-state index in [2.05, 4.69) is 18.7 Å². The molecule has 0 fully saturated rings. The van der Waals surface area contributed by atoms with Gasteiger partial charge in [0.15, 0.2) is 0 Å². The van der Waals surface area contributed by atoms with E-state index >= 15 is 0 Å². The molecule has 1 aliphatic carbocycles. The summed E-state index contributed by atoms with van der Waals surface area (Å²) in [5.74, 6) is 0. The molecular formula is C15H18O. The number of hydrogen-bond donors (Lipinski definition) is 1. The quantitative estimate of drug-likeness (QED) is 0.765. The molecule has 1 N–H and O–H groups in total. The van der Waals surface area contributed by atoms with Crippen molar-refractivity contribution in [2.75, 3.05) is 0 Å². The minimum absolute atomic E-state index is 0.672. The Bertz CT molecular complexity index is 406. The van der Waals surface area contributed by atoms with Crippen molar-refractivity contribution in [2.45, 2.75) is 31.3 Å². The largest absolute Gasteiger partial charge is 0.385 e. The maximum atomic E-state index is 10.7. The monoisotopic (exact) mass is 214 g/mol. The summed E-state index contributed by atoms with van der Waals surface area (Å²) in [4.78, 5) is 0. The summed E-state index contributed by atoms with van der Waals surface area (Å²) in [6.07, 6.45) is 9.32. The molecule has 1 nitrogen and oxygen atoms in total. The Hall–Kier alpha value is -1.34. The van der Waals surface area contributed by atoms with Gasteiger partial charge in [-0.05, 0) is 36.8 Å². The van der Waals surface area contributed by atoms with Gasteiger partial charge in [-0.15, -0.1) is 0 Å². The predicted octanol–water partition coefficient (Wildman–Crippen LogP) is 3.34. The zero-order chi connectivity index (χ0) is 11.4. The van der Waals surface area contributed by atoms with E-state index in [0.29, 0.717) is 6.42 Å². The second-order valence-corrected chi connectivity index (χ2v) is 4.41. The molecule has 0 amide bonds. The van der Waals surface area contributed by atoms with Crippen LogP contribution in [-0.2, 0) is 12.0 Å². The van der Waals surface area contributed by atoms with Gasteiger partial charge in [0.25, 0.3) is 0 Å². The third-order valence-electron chi connectivity index (χ3n) is 3.28. The van der Waals surface area contributed by atoms with Crippen LogP contribution in [-0.4, -0.2) is 5.11 Å². The number of benzene rings is 1. The molecule has 1 atom stereocenters. The molecule has 0 aliphatic heterocycles. The summed E-state index contributed by atoms with van der Waals surface area (Å²) < 4.78 is 0. The summed E-state index contributed by atoms with van der Waals surface area (Å²) >= 11 is 0. The normalized spacial score (nSPS) is 24.3. The topological polar surface area (TPSA) is 20.2 Å². The van der Waals surface area contributed by atoms with Gasteiger partial charge in [0.1, 0.15) is 0 Å². The predicted molar refractivity (Wildman–Crippen MR) is 67.2 cm³/mol. The van der Waals surface area contributed by atoms with E-state index in [1.165, 1.54) is 5.56 Å². The lowest BCUT2D eigenvalue weighted by molar-refractivity contribution is 0.0217. The maximum Gasteiger partial charge on any atom is 0.0933 e. The van der Waals surface area contributed by atoms with E-state index < -0.39 is 5.60 Å². The number of rotatable bonds is 3. The Labute approximate surface area is 97.1 Å². The van der Waals surface area contributed by atoms with Crippen LogP contribution in [0.3, 0.4) is 0 Å². The summed E-state index contributed by atoms with van der Waals surface area (Å²) in [6.45, 7) is 3.64. The number of allylic oxidation sites excluding steroid dienone is 2. The van der Waals surface area contributed by atoms with Crippen LogP contribution in [0.25, 0.3) is 0 Å². The van der Waals surface area contributed by atoms with Crippen molar-refractivity contribution < 1.29 is 5.11 Å². The molecule has 0 radical (unpaired) electrons. The Kier molecular flexibility index (Phi) is 3.25. The van der Waals surface area contributed by atoms with E-state index in [4.69, 9.17) is 0 Å². The zero-order valence-electron chi connectivity index (χ0n) is 9.52. The van der Waals surface area contributed by atoms with E-state index in [9.17, 15) is 5.11 Å². The Morgan fingerprint density at radius 1 is 1.38 bits per heavy atom. The zero-order valence-corrected chi connectivity index (χ0v) is 9.52. The highest BCUT2D eigenvalue weighted by Crippen LogP contribution is 2.37.